The number of nitrogens with zero attached hydrogens (tertiary/aromatic N) is 3. The number of hydrogen-bond donors (Lipinski definition) is 0. The fourth-order valence-electron chi connectivity index (χ4n) is 1.95. The standard InChI is InChI=1S/C15H20BrF3N3OSi/c1-24(2,3)9-8-23-10-22-14(15(17,18)19)20-13(21-22)11-4-6-12(16)7-5-11/h4-7,24H,8-10H2,1-3H3/q-1. The number of halogens is 4. The Labute approximate surface area is 148 Å². The van der Waals surface area contributed by atoms with Crippen LogP contribution in [0.2, 0.25) is 25.7 Å². The van der Waals surface area contributed by atoms with Crippen LogP contribution in [0.3, 0.4) is 0 Å². The van der Waals surface area contributed by atoms with Gasteiger partial charge in [0.1, 0.15) is 0 Å². The van der Waals surface area contributed by atoms with E-state index in [0.717, 1.165) is 15.2 Å². The van der Waals surface area contributed by atoms with Gasteiger partial charge in [0, 0.05) is 0 Å². The van der Waals surface area contributed by atoms with Gasteiger partial charge in [-0.15, -0.1) is 0 Å². The molecular formula is C15H20BrF3N3OSi-. The predicted molar refractivity (Wildman–Crippen MR) is 93.7 cm³/mol. The van der Waals surface area contributed by atoms with Crippen molar-refractivity contribution in [2.24, 2.45) is 0 Å². The van der Waals surface area contributed by atoms with Crippen molar-refractivity contribution in [2.45, 2.75) is 38.6 Å². The molecule has 0 radical (unpaired) electrons. The Hall–Kier alpha value is -1.19. The molecule has 0 atom stereocenters. The first-order chi connectivity index (χ1) is 11.1. The summed E-state index contributed by atoms with van der Waals surface area (Å²) in [5.41, 5.74) is 0.519. The Kier molecular flexibility index (Phi) is 5.87. The SMILES string of the molecule is C[SiH-](C)(C)CCOCn1nc(-c2ccc(Br)cc2)nc1C(F)(F)F. The van der Waals surface area contributed by atoms with E-state index in [1.54, 1.807) is 24.3 Å². The van der Waals surface area contributed by atoms with Gasteiger partial charge in [0.25, 0.3) is 0 Å². The van der Waals surface area contributed by atoms with Gasteiger partial charge < -0.3 is 0 Å². The van der Waals surface area contributed by atoms with Crippen LogP contribution >= 0.6 is 15.9 Å². The molecule has 0 spiro atoms. The maximum absolute atomic E-state index is 13.2. The molecule has 0 bridgehead atoms. The molecule has 9 heteroatoms. The summed E-state index contributed by atoms with van der Waals surface area (Å²) in [5, 5.41) is 3.97. The van der Waals surface area contributed by atoms with Crippen LogP contribution in [-0.2, 0) is 17.6 Å². The van der Waals surface area contributed by atoms with Gasteiger partial charge in [-0.25, -0.2) is 0 Å². The van der Waals surface area contributed by atoms with E-state index in [1.165, 1.54) is 0 Å². The van der Waals surface area contributed by atoms with Crippen LogP contribution in [-0.4, -0.2) is 29.4 Å². The first-order valence-electron chi connectivity index (χ1n) is 7.71. The van der Waals surface area contributed by atoms with Gasteiger partial charge in [-0.05, 0) is 0 Å². The molecule has 1 aromatic heterocycles. The van der Waals surface area contributed by atoms with Crippen molar-refractivity contribution >= 4 is 24.0 Å². The zero-order chi connectivity index (χ0) is 18.0. The Morgan fingerprint density at radius 2 is 1.79 bits per heavy atom. The van der Waals surface area contributed by atoms with Crippen LogP contribution in [0.4, 0.5) is 13.2 Å². The Bertz CT molecular complexity index is 681. The number of ether oxygens (including phenoxy) is 1. The zero-order valence-corrected chi connectivity index (χ0v) is 16.5. The van der Waals surface area contributed by atoms with Crippen LogP contribution in [0.15, 0.2) is 28.7 Å². The van der Waals surface area contributed by atoms with Gasteiger partial charge in [0.05, 0.1) is 0 Å². The summed E-state index contributed by atoms with van der Waals surface area (Å²) < 4.78 is 46.5. The second kappa shape index (κ2) is 7.36. The molecule has 0 saturated carbocycles. The molecule has 0 aliphatic rings. The quantitative estimate of drug-likeness (QED) is 0.497. The van der Waals surface area contributed by atoms with E-state index in [2.05, 4.69) is 45.7 Å². The van der Waals surface area contributed by atoms with Crippen LogP contribution in [0.5, 0.6) is 0 Å². The number of aromatic nitrogens is 3. The Morgan fingerprint density at radius 1 is 1.17 bits per heavy atom. The van der Waals surface area contributed by atoms with Crippen molar-refractivity contribution in [3.05, 3.63) is 34.6 Å². The van der Waals surface area contributed by atoms with Crippen molar-refractivity contribution in [3.63, 3.8) is 0 Å². The third-order valence-corrected chi connectivity index (χ3v) is 5.87. The first-order valence-corrected chi connectivity index (χ1v) is 12.8. The van der Waals surface area contributed by atoms with Crippen molar-refractivity contribution in [1.82, 2.24) is 14.8 Å². The maximum atomic E-state index is 13.2. The summed E-state index contributed by atoms with van der Waals surface area (Å²) in [4.78, 5) is 3.65. The van der Waals surface area contributed by atoms with Crippen LogP contribution in [0, 0.1) is 0 Å². The summed E-state index contributed by atoms with van der Waals surface area (Å²) in [5.74, 6) is -1.01. The molecular weight excluding hydrogens is 403 g/mol. The number of benzene rings is 1. The molecule has 0 saturated heterocycles. The van der Waals surface area contributed by atoms with E-state index in [-0.39, 0.29) is 12.6 Å². The molecule has 24 heavy (non-hydrogen) atoms. The molecule has 0 N–H and O–H groups in total. The Morgan fingerprint density at radius 3 is 2.33 bits per heavy atom. The average Bonchev–Trinajstić information content (AvgIpc) is 2.88. The normalized spacial score (nSPS) is 13.3. The first kappa shape index (κ1) is 19.1. The van der Waals surface area contributed by atoms with Gasteiger partial charge in [-0.2, -0.15) is 0 Å². The molecule has 2 rings (SSSR count). The summed E-state index contributed by atoms with van der Waals surface area (Å²) in [7, 11) is -1.57. The van der Waals surface area contributed by atoms with Crippen molar-refractivity contribution in [2.75, 3.05) is 6.61 Å². The van der Waals surface area contributed by atoms with Crippen molar-refractivity contribution in [3.8, 4) is 11.4 Å². The van der Waals surface area contributed by atoms with Gasteiger partial charge in [-0.1, -0.05) is 0 Å². The molecule has 1 aromatic carbocycles. The fraction of sp³-hybridized carbons (Fsp3) is 0.467. The number of rotatable bonds is 6. The zero-order valence-electron chi connectivity index (χ0n) is 13.8. The van der Waals surface area contributed by atoms with E-state index in [9.17, 15) is 13.2 Å². The van der Waals surface area contributed by atoms with E-state index >= 15 is 0 Å². The van der Waals surface area contributed by atoms with Gasteiger partial charge >= 0.3 is 148 Å². The van der Waals surface area contributed by atoms with E-state index in [0.29, 0.717) is 12.2 Å². The van der Waals surface area contributed by atoms with E-state index in [1.807, 2.05) is 0 Å². The second-order valence-electron chi connectivity index (χ2n) is 7.05. The molecule has 134 valence electrons. The topological polar surface area (TPSA) is 39.9 Å². The van der Waals surface area contributed by atoms with E-state index < -0.39 is 20.1 Å². The van der Waals surface area contributed by atoms with Crippen molar-refractivity contribution in [1.29, 1.82) is 0 Å². The molecule has 0 fully saturated rings. The third-order valence-electron chi connectivity index (χ3n) is 3.37. The third kappa shape index (κ3) is 5.42. The second-order valence-corrected chi connectivity index (χ2v) is 14.5. The summed E-state index contributed by atoms with van der Waals surface area (Å²) in [6.07, 6.45) is -4.58. The van der Waals surface area contributed by atoms with Crippen LogP contribution in [0.25, 0.3) is 11.4 Å². The number of alkyl halides is 3. The van der Waals surface area contributed by atoms with Crippen LogP contribution in [0.1, 0.15) is 5.82 Å². The summed E-state index contributed by atoms with van der Waals surface area (Å²) in [6.45, 7) is 6.79. The molecule has 0 unspecified atom stereocenters. The van der Waals surface area contributed by atoms with Gasteiger partial charge in [-0.3, -0.25) is 0 Å². The fourth-order valence-corrected chi connectivity index (χ4v) is 3.09. The Balaban J connectivity index is 2.18. The molecule has 0 aliphatic heterocycles. The summed E-state index contributed by atoms with van der Waals surface area (Å²) in [6, 6.07) is 7.69. The number of hydrogen-bond acceptors (Lipinski definition) is 3. The van der Waals surface area contributed by atoms with Crippen LogP contribution < -0.4 is 0 Å². The molecule has 1 heterocycles. The van der Waals surface area contributed by atoms with Gasteiger partial charge in [0.15, 0.2) is 0 Å². The molecule has 0 aliphatic carbocycles. The minimum atomic E-state index is -4.58. The molecule has 2 aromatic rings. The molecule has 4 nitrogen and oxygen atoms in total. The van der Waals surface area contributed by atoms with E-state index in [4.69, 9.17) is 4.74 Å². The summed E-state index contributed by atoms with van der Waals surface area (Å²) >= 11 is 3.29. The van der Waals surface area contributed by atoms with Gasteiger partial charge in [0.2, 0.25) is 0 Å². The van der Waals surface area contributed by atoms with Crippen molar-refractivity contribution < 1.29 is 17.9 Å². The minimum absolute atomic E-state index is 0.0329. The predicted octanol–water partition coefficient (Wildman–Crippen LogP) is 4.77. The monoisotopic (exact) mass is 422 g/mol. The molecule has 0 amide bonds. The average molecular weight is 423 g/mol.